The number of nitrogens with zero attached hydrogens (tertiary/aromatic N) is 1. The van der Waals surface area contributed by atoms with Crippen molar-refractivity contribution in [2.24, 2.45) is 0 Å². The number of hydrogen-bond acceptors (Lipinski definition) is 3. The topological polar surface area (TPSA) is 22.1 Å². The Balaban J connectivity index is 0.00000217. The van der Waals surface area contributed by atoms with E-state index in [1.54, 1.807) is 0 Å². The van der Waals surface area contributed by atoms with Gasteiger partial charge in [-0.1, -0.05) is 72.3 Å². The minimum absolute atomic E-state index is 0. The number of hydrogen-bond donors (Lipinski definition) is 0. The zero-order chi connectivity index (χ0) is 21.9. The normalized spacial score (nSPS) is 15.7. The molecule has 0 fully saturated rings. The Labute approximate surface area is 209 Å². The summed E-state index contributed by atoms with van der Waals surface area (Å²) in [5.74, 6) is 0.907. The van der Waals surface area contributed by atoms with Crippen molar-refractivity contribution in [3.05, 3.63) is 106 Å². The average molecular weight is 481 g/mol. The van der Waals surface area contributed by atoms with Crippen LogP contribution < -0.4 is 17.1 Å². The highest BCUT2D eigenvalue weighted by molar-refractivity contribution is 7.19. The van der Waals surface area contributed by atoms with E-state index in [0.29, 0.717) is 0 Å². The van der Waals surface area contributed by atoms with E-state index in [-0.39, 0.29) is 18.5 Å². The van der Waals surface area contributed by atoms with E-state index in [1.807, 2.05) is 17.4 Å². The van der Waals surface area contributed by atoms with Gasteiger partial charge in [0.2, 0.25) is 0 Å². The van der Waals surface area contributed by atoms with Crippen LogP contribution in [-0.2, 0) is 12.8 Å². The fourth-order valence-corrected chi connectivity index (χ4v) is 6.71. The SMILES string of the molecule is Cc1ccc(-c2c3c(nc4sc5c(c24)CCC5)-c2ccccc2OC3c2ccccc2)cc1.[Cl-]. The molecule has 7 rings (SSSR count). The van der Waals surface area contributed by atoms with Gasteiger partial charge in [0.1, 0.15) is 10.6 Å². The van der Waals surface area contributed by atoms with Crippen molar-refractivity contribution in [2.75, 3.05) is 0 Å². The summed E-state index contributed by atoms with van der Waals surface area (Å²) in [4.78, 5) is 8.02. The predicted octanol–water partition coefficient (Wildman–Crippen LogP) is 4.91. The van der Waals surface area contributed by atoms with Gasteiger partial charge in [-0.2, -0.15) is 0 Å². The summed E-state index contributed by atoms with van der Waals surface area (Å²) in [5.41, 5.74) is 9.84. The Bertz CT molecular complexity index is 1520. The number of ether oxygens (including phenoxy) is 1. The van der Waals surface area contributed by atoms with Crippen LogP contribution in [-0.4, -0.2) is 4.98 Å². The Hall–Kier alpha value is -3.14. The highest BCUT2D eigenvalue weighted by atomic mass is 35.5. The molecular weight excluding hydrogens is 458 g/mol. The van der Waals surface area contributed by atoms with Gasteiger partial charge in [0, 0.05) is 27.0 Å². The Morgan fingerprint density at radius 1 is 0.882 bits per heavy atom. The maximum atomic E-state index is 6.74. The molecule has 34 heavy (non-hydrogen) atoms. The standard InChI is InChI=1S/C30H23NOS.ClH/c1-18-14-16-19(17-15-18)25-26-22-11-7-13-24(22)33-30(26)31-28-21-10-5-6-12-23(21)32-29(27(25)28)20-8-3-2-4-9-20;/h2-6,8-10,12,14-17,29H,7,11,13H2,1H3;1H/p-1. The molecule has 2 aliphatic rings. The summed E-state index contributed by atoms with van der Waals surface area (Å²) in [6, 6.07) is 27.9. The van der Waals surface area contributed by atoms with Gasteiger partial charge in [-0.25, -0.2) is 4.98 Å². The molecule has 3 aromatic carbocycles. The lowest BCUT2D eigenvalue weighted by Gasteiger charge is -2.31. The molecule has 0 bridgehead atoms. The highest BCUT2D eigenvalue weighted by Gasteiger charge is 2.34. The molecule has 4 heteroatoms. The first-order valence-corrected chi connectivity index (χ1v) is 12.5. The number of rotatable bonds is 2. The molecule has 1 aliphatic heterocycles. The van der Waals surface area contributed by atoms with Crippen LogP contribution >= 0.6 is 11.3 Å². The van der Waals surface area contributed by atoms with Gasteiger partial charge >= 0.3 is 0 Å². The lowest BCUT2D eigenvalue weighted by atomic mass is 9.85. The Kier molecular flexibility index (Phi) is 5.20. The van der Waals surface area contributed by atoms with E-state index in [9.17, 15) is 0 Å². The van der Waals surface area contributed by atoms with Crippen molar-refractivity contribution >= 4 is 21.6 Å². The Morgan fingerprint density at radius 3 is 2.47 bits per heavy atom. The van der Waals surface area contributed by atoms with Gasteiger partial charge in [0.15, 0.2) is 6.10 Å². The lowest BCUT2D eigenvalue weighted by Crippen LogP contribution is -3.00. The number of thiophene rings is 1. The van der Waals surface area contributed by atoms with Crippen LogP contribution in [0.1, 0.15) is 39.7 Å². The van der Waals surface area contributed by atoms with Gasteiger partial charge in [0.25, 0.3) is 0 Å². The number of benzene rings is 3. The van der Waals surface area contributed by atoms with E-state index in [2.05, 4.69) is 79.7 Å². The van der Waals surface area contributed by atoms with Gasteiger partial charge in [-0.05, 0) is 55.0 Å². The number of aromatic nitrogens is 1. The second-order valence-electron chi connectivity index (χ2n) is 9.06. The van der Waals surface area contributed by atoms with Crippen molar-refractivity contribution in [2.45, 2.75) is 32.3 Å². The molecule has 3 heterocycles. The van der Waals surface area contributed by atoms with Gasteiger partial charge < -0.3 is 17.1 Å². The van der Waals surface area contributed by atoms with Crippen LogP contribution in [0.25, 0.3) is 32.6 Å². The zero-order valence-electron chi connectivity index (χ0n) is 18.8. The second-order valence-corrected chi connectivity index (χ2v) is 10.1. The smallest absolute Gasteiger partial charge is 0.152 e. The minimum atomic E-state index is -0.193. The molecule has 5 aromatic rings. The van der Waals surface area contributed by atoms with E-state index in [1.165, 1.54) is 50.9 Å². The summed E-state index contributed by atoms with van der Waals surface area (Å²) in [5, 5.41) is 1.35. The van der Waals surface area contributed by atoms with Crippen LogP contribution in [0.3, 0.4) is 0 Å². The molecule has 168 valence electrons. The van der Waals surface area contributed by atoms with Gasteiger partial charge in [0.05, 0.1) is 5.69 Å². The van der Waals surface area contributed by atoms with Crippen molar-refractivity contribution in [3.63, 3.8) is 0 Å². The first kappa shape index (κ1) is 21.4. The van der Waals surface area contributed by atoms with Crippen LogP contribution in [0.4, 0.5) is 0 Å². The van der Waals surface area contributed by atoms with E-state index in [0.717, 1.165) is 33.8 Å². The average Bonchev–Trinajstić information content (AvgIpc) is 3.45. The molecule has 1 unspecified atom stereocenters. The number of para-hydroxylation sites is 1. The third kappa shape index (κ3) is 3.19. The molecule has 0 saturated heterocycles. The molecule has 0 radical (unpaired) electrons. The first-order valence-electron chi connectivity index (χ1n) is 11.6. The summed E-state index contributed by atoms with van der Waals surface area (Å²) in [6.07, 6.45) is 3.36. The van der Waals surface area contributed by atoms with Crippen molar-refractivity contribution in [3.8, 4) is 28.1 Å². The molecule has 1 aliphatic carbocycles. The molecule has 1 atom stereocenters. The fraction of sp³-hybridized carbons (Fsp3) is 0.167. The largest absolute Gasteiger partial charge is 1.00 e. The highest BCUT2D eigenvalue weighted by Crippen LogP contribution is 2.52. The summed E-state index contributed by atoms with van der Waals surface area (Å²) < 4.78 is 6.74. The Morgan fingerprint density at radius 2 is 1.65 bits per heavy atom. The van der Waals surface area contributed by atoms with Crippen LogP contribution in [0.15, 0.2) is 78.9 Å². The first-order chi connectivity index (χ1) is 16.3. The molecular formula is C30H23ClNOS-. The summed E-state index contributed by atoms with van der Waals surface area (Å²) in [7, 11) is 0. The van der Waals surface area contributed by atoms with Crippen LogP contribution in [0.2, 0.25) is 0 Å². The second kappa shape index (κ2) is 8.26. The van der Waals surface area contributed by atoms with Crippen LogP contribution in [0.5, 0.6) is 5.75 Å². The van der Waals surface area contributed by atoms with E-state index < -0.39 is 0 Å². The summed E-state index contributed by atoms with van der Waals surface area (Å²) in [6.45, 7) is 2.15. The maximum absolute atomic E-state index is 6.74. The number of fused-ring (bicyclic) bond motifs is 6. The van der Waals surface area contributed by atoms with Crippen molar-refractivity contribution in [1.82, 2.24) is 4.98 Å². The molecule has 0 saturated carbocycles. The summed E-state index contributed by atoms with van der Waals surface area (Å²) >= 11 is 1.89. The third-order valence-corrected chi connectivity index (χ3v) is 8.17. The number of halogens is 1. The zero-order valence-corrected chi connectivity index (χ0v) is 20.4. The predicted molar refractivity (Wildman–Crippen MR) is 136 cm³/mol. The molecule has 0 amide bonds. The van der Waals surface area contributed by atoms with Crippen molar-refractivity contribution in [1.29, 1.82) is 0 Å². The monoisotopic (exact) mass is 480 g/mol. The maximum Gasteiger partial charge on any atom is 0.152 e. The quantitative estimate of drug-likeness (QED) is 0.358. The molecule has 2 aromatic heterocycles. The molecule has 0 N–H and O–H groups in total. The van der Waals surface area contributed by atoms with Crippen LogP contribution in [0, 0.1) is 6.92 Å². The van der Waals surface area contributed by atoms with E-state index >= 15 is 0 Å². The van der Waals surface area contributed by atoms with Gasteiger partial charge in [-0.15, -0.1) is 11.3 Å². The van der Waals surface area contributed by atoms with E-state index in [4.69, 9.17) is 9.72 Å². The fourth-order valence-electron chi connectivity index (χ4n) is 5.44. The van der Waals surface area contributed by atoms with Gasteiger partial charge in [-0.3, -0.25) is 0 Å². The third-order valence-electron chi connectivity index (χ3n) is 6.98. The minimum Gasteiger partial charge on any atom is -1.00 e. The molecule has 2 nitrogen and oxygen atoms in total. The number of aryl methyl sites for hydroxylation is 3. The lowest BCUT2D eigenvalue weighted by molar-refractivity contribution is -0.00000689. The molecule has 0 spiro atoms. The van der Waals surface area contributed by atoms with Crippen molar-refractivity contribution < 1.29 is 17.1 Å². The number of pyridine rings is 1.